The topological polar surface area (TPSA) is 46.3 Å². The van der Waals surface area contributed by atoms with Crippen LogP contribution in [0.15, 0.2) is 24.3 Å². The predicted molar refractivity (Wildman–Crippen MR) is 85.0 cm³/mol. The number of nitrogens with zero attached hydrogens (tertiary/aromatic N) is 1. The number of carbonyl (C=O) groups is 1. The van der Waals surface area contributed by atoms with E-state index in [0.29, 0.717) is 5.92 Å². The van der Waals surface area contributed by atoms with E-state index < -0.39 is 5.54 Å². The normalized spacial score (nSPS) is 29.6. The Labute approximate surface area is 127 Å². The summed E-state index contributed by atoms with van der Waals surface area (Å²) in [4.78, 5) is 14.9. The third kappa shape index (κ3) is 2.98. The molecule has 2 unspecified atom stereocenters. The average Bonchev–Trinajstić information content (AvgIpc) is 2.69. The lowest BCUT2D eigenvalue weighted by atomic mass is 9.76. The molecule has 1 aliphatic carbocycles. The first-order valence-corrected chi connectivity index (χ1v) is 8.23. The average molecular weight is 286 g/mol. The van der Waals surface area contributed by atoms with Crippen molar-refractivity contribution in [1.29, 1.82) is 0 Å². The van der Waals surface area contributed by atoms with Gasteiger partial charge in [-0.25, -0.2) is 0 Å². The van der Waals surface area contributed by atoms with Gasteiger partial charge in [-0.2, -0.15) is 0 Å². The number of fused-ring (bicyclic) bond motifs is 1. The fourth-order valence-electron chi connectivity index (χ4n) is 3.97. The number of nitrogens with two attached hydrogens (primary N) is 1. The summed E-state index contributed by atoms with van der Waals surface area (Å²) < 4.78 is 0. The third-order valence-corrected chi connectivity index (χ3v) is 5.17. The molecule has 3 heteroatoms. The van der Waals surface area contributed by atoms with Crippen molar-refractivity contribution in [3.05, 3.63) is 35.4 Å². The Balaban J connectivity index is 1.72. The summed E-state index contributed by atoms with van der Waals surface area (Å²) in [5, 5.41) is 0. The second kappa shape index (κ2) is 5.80. The van der Waals surface area contributed by atoms with Gasteiger partial charge < -0.3 is 10.6 Å². The van der Waals surface area contributed by atoms with E-state index in [4.69, 9.17) is 5.73 Å². The molecule has 21 heavy (non-hydrogen) atoms. The van der Waals surface area contributed by atoms with Gasteiger partial charge in [0.25, 0.3) is 0 Å². The maximum absolute atomic E-state index is 12.9. The molecule has 1 saturated carbocycles. The molecular formula is C18H26N2O. The Morgan fingerprint density at radius 3 is 2.43 bits per heavy atom. The summed E-state index contributed by atoms with van der Waals surface area (Å²) in [6.45, 7) is 3.83. The van der Waals surface area contributed by atoms with Gasteiger partial charge in [0, 0.05) is 13.1 Å². The molecule has 1 aliphatic heterocycles. The Bertz CT molecular complexity index is 501. The van der Waals surface area contributed by atoms with Crippen LogP contribution >= 0.6 is 0 Å². The van der Waals surface area contributed by atoms with Gasteiger partial charge in [0.1, 0.15) is 0 Å². The molecule has 1 aromatic rings. The standard InChI is InChI=1S/C18H26N2O/c1-14-5-4-10-18(19,13-14)17(21)20-11-8-15-6-2-3-7-16(15)9-12-20/h2-3,6-7,14H,4-5,8-13,19H2,1H3. The van der Waals surface area contributed by atoms with Crippen molar-refractivity contribution >= 4 is 5.91 Å². The Morgan fingerprint density at radius 1 is 1.24 bits per heavy atom. The molecule has 0 aromatic heterocycles. The van der Waals surface area contributed by atoms with Gasteiger partial charge in [-0.15, -0.1) is 0 Å². The monoisotopic (exact) mass is 286 g/mol. The molecule has 0 bridgehead atoms. The molecule has 3 rings (SSSR count). The largest absolute Gasteiger partial charge is 0.340 e. The Morgan fingerprint density at radius 2 is 1.86 bits per heavy atom. The maximum Gasteiger partial charge on any atom is 0.242 e. The molecule has 2 aliphatic rings. The highest BCUT2D eigenvalue weighted by atomic mass is 16.2. The number of benzene rings is 1. The summed E-state index contributed by atoms with van der Waals surface area (Å²) in [5.41, 5.74) is 8.64. The molecule has 1 heterocycles. The highest BCUT2D eigenvalue weighted by Gasteiger charge is 2.40. The molecular weight excluding hydrogens is 260 g/mol. The van der Waals surface area contributed by atoms with Crippen LogP contribution in [-0.4, -0.2) is 29.4 Å². The molecule has 2 N–H and O–H groups in total. The summed E-state index contributed by atoms with van der Waals surface area (Å²) in [7, 11) is 0. The third-order valence-electron chi connectivity index (χ3n) is 5.17. The highest BCUT2D eigenvalue weighted by Crippen LogP contribution is 2.32. The van der Waals surface area contributed by atoms with E-state index >= 15 is 0 Å². The fraction of sp³-hybridized carbons (Fsp3) is 0.611. The van der Waals surface area contributed by atoms with E-state index in [0.717, 1.165) is 45.2 Å². The molecule has 1 aromatic carbocycles. The number of carbonyl (C=O) groups excluding carboxylic acids is 1. The van der Waals surface area contributed by atoms with E-state index in [1.54, 1.807) is 0 Å². The molecule has 114 valence electrons. The van der Waals surface area contributed by atoms with Gasteiger partial charge in [0.2, 0.25) is 5.91 Å². The zero-order valence-corrected chi connectivity index (χ0v) is 13.0. The first-order chi connectivity index (χ1) is 10.1. The number of rotatable bonds is 1. The predicted octanol–water partition coefficient (Wildman–Crippen LogP) is 2.52. The van der Waals surface area contributed by atoms with Crippen molar-refractivity contribution in [3.63, 3.8) is 0 Å². The van der Waals surface area contributed by atoms with Gasteiger partial charge in [0.05, 0.1) is 5.54 Å². The molecule has 1 fully saturated rings. The van der Waals surface area contributed by atoms with Crippen LogP contribution in [-0.2, 0) is 17.6 Å². The summed E-state index contributed by atoms with van der Waals surface area (Å²) in [6, 6.07) is 8.54. The molecule has 0 spiro atoms. The van der Waals surface area contributed by atoms with Crippen LogP contribution in [0.25, 0.3) is 0 Å². The van der Waals surface area contributed by atoms with Crippen LogP contribution < -0.4 is 5.73 Å². The van der Waals surface area contributed by atoms with E-state index in [-0.39, 0.29) is 5.91 Å². The van der Waals surface area contributed by atoms with Crippen LogP contribution in [0.5, 0.6) is 0 Å². The molecule has 0 saturated heterocycles. The van der Waals surface area contributed by atoms with Gasteiger partial charge >= 0.3 is 0 Å². The lowest BCUT2D eigenvalue weighted by molar-refractivity contribution is -0.138. The first kappa shape index (κ1) is 14.6. The highest BCUT2D eigenvalue weighted by molar-refractivity contribution is 5.86. The zero-order valence-electron chi connectivity index (χ0n) is 13.0. The van der Waals surface area contributed by atoms with E-state index in [1.165, 1.54) is 17.5 Å². The van der Waals surface area contributed by atoms with Crippen molar-refractivity contribution in [2.24, 2.45) is 11.7 Å². The summed E-state index contributed by atoms with van der Waals surface area (Å²) in [5.74, 6) is 0.749. The zero-order chi connectivity index (χ0) is 14.9. The van der Waals surface area contributed by atoms with Crippen molar-refractivity contribution in [3.8, 4) is 0 Å². The first-order valence-electron chi connectivity index (χ1n) is 8.23. The molecule has 1 amide bonds. The van der Waals surface area contributed by atoms with Crippen molar-refractivity contribution in [1.82, 2.24) is 4.90 Å². The minimum Gasteiger partial charge on any atom is -0.340 e. The Kier molecular flexibility index (Phi) is 4.03. The van der Waals surface area contributed by atoms with E-state index in [2.05, 4.69) is 31.2 Å². The smallest absolute Gasteiger partial charge is 0.242 e. The minimum atomic E-state index is -0.617. The second-order valence-corrected chi connectivity index (χ2v) is 6.92. The maximum atomic E-state index is 12.9. The number of hydrogen-bond acceptors (Lipinski definition) is 2. The van der Waals surface area contributed by atoms with Crippen molar-refractivity contribution in [2.45, 2.75) is 51.0 Å². The summed E-state index contributed by atoms with van der Waals surface area (Å²) in [6.07, 6.45) is 5.88. The van der Waals surface area contributed by atoms with Crippen LogP contribution in [0.4, 0.5) is 0 Å². The van der Waals surface area contributed by atoms with Gasteiger partial charge in [0.15, 0.2) is 0 Å². The second-order valence-electron chi connectivity index (χ2n) is 6.92. The number of hydrogen-bond donors (Lipinski definition) is 1. The van der Waals surface area contributed by atoms with Crippen LogP contribution in [0, 0.1) is 5.92 Å². The summed E-state index contributed by atoms with van der Waals surface area (Å²) >= 11 is 0. The van der Waals surface area contributed by atoms with Crippen molar-refractivity contribution < 1.29 is 4.79 Å². The Hall–Kier alpha value is -1.35. The lowest BCUT2D eigenvalue weighted by Gasteiger charge is -2.39. The van der Waals surface area contributed by atoms with Crippen molar-refractivity contribution in [2.75, 3.05) is 13.1 Å². The van der Waals surface area contributed by atoms with E-state index in [1.807, 2.05) is 4.90 Å². The molecule has 3 nitrogen and oxygen atoms in total. The van der Waals surface area contributed by atoms with Gasteiger partial charge in [-0.05, 0) is 42.7 Å². The SMILES string of the molecule is CC1CCCC(N)(C(=O)N2CCc3ccccc3CC2)C1. The lowest BCUT2D eigenvalue weighted by Crippen LogP contribution is -2.57. The van der Waals surface area contributed by atoms with Crippen LogP contribution in [0.2, 0.25) is 0 Å². The fourth-order valence-corrected chi connectivity index (χ4v) is 3.97. The quantitative estimate of drug-likeness (QED) is 0.862. The van der Waals surface area contributed by atoms with Gasteiger partial charge in [-0.1, -0.05) is 44.0 Å². The molecule has 2 atom stereocenters. The van der Waals surface area contributed by atoms with Crippen LogP contribution in [0.1, 0.15) is 43.7 Å². The van der Waals surface area contributed by atoms with E-state index in [9.17, 15) is 4.79 Å². The minimum absolute atomic E-state index is 0.182. The number of amides is 1. The van der Waals surface area contributed by atoms with Crippen LogP contribution in [0.3, 0.4) is 0 Å². The molecule has 0 radical (unpaired) electrons. The van der Waals surface area contributed by atoms with Gasteiger partial charge in [-0.3, -0.25) is 4.79 Å².